The van der Waals surface area contributed by atoms with Crippen LogP contribution >= 0.6 is 0 Å². The maximum atomic E-state index is 3.55. The second-order valence-electron chi connectivity index (χ2n) is 3.82. The lowest BCUT2D eigenvalue weighted by Crippen LogP contribution is -2.37. The normalized spacial score (nSPS) is 18.8. The van der Waals surface area contributed by atoms with E-state index in [0.717, 1.165) is 18.4 Å². The fraction of sp³-hybridized carbons (Fsp3) is 1.00. The third-order valence-corrected chi connectivity index (χ3v) is 3.08. The molecule has 0 aromatic rings. The predicted octanol–water partition coefficient (Wildman–Crippen LogP) is 3.06. The second kappa shape index (κ2) is 6.47. The molecule has 1 nitrogen and oxygen atoms in total. The van der Waals surface area contributed by atoms with Gasteiger partial charge in [-0.2, -0.15) is 0 Å². The van der Waals surface area contributed by atoms with Crippen molar-refractivity contribution in [3.8, 4) is 0 Å². The molecule has 0 aromatic heterocycles. The van der Waals surface area contributed by atoms with Crippen molar-refractivity contribution in [2.75, 3.05) is 6.54 Å². The third-order valence-electron chi connectivity index (χ3n) is 3.08. The molecule has 0 aliphatic carbocycles. The maximum absolute atomic E-state index is 3.55. The lowest BCUT2D eigenvalue weighted by molar-refractivity contribution is 0.274. The quantitative estimate of drug-likeness (QED) is 0.647. The topological polar surface area (TPSA) is 12.0 Å². The minimum atomic E-state index is 0.713. The molecule has 0 amide bonds. The average Bonchev–Trinajstić information content (AvgIpc) is 2.11. The van der Waals surface area contributed by atoms with E-state index in [1.54, 1.807) is 0 Å². The molecule has 0 aliphatic heterocycles. The van der Waals surface area contributed by atoms with Gasteiger partial charge in [0.1, 0.15) is 0 Å². The molecule has 0 aromatic carbocycles. The van der Waals surface area contributed by atoms with Gasteiger partial charge in [-0.25, -0.2) is 0 Å². The van der Waals surface area contributed by atoms with Gasteiger partial charge in [-0.3, -0.25) is 0 Å². The van der Waals surface area contributed by atoms with Crippen LogP contribution in [0.5, 0.6) is 0 Å². The Bertz CT molecular complexity index is 101. The summed E-state index contributed by atoms with van der Waals surface area (Å²) in [5.41, 5.74) is 0. The third kappa shape index (κ3) is 3.57. The minimum Gasteiger partial charge on any atom is -0.314 e. The van der Waals surface area contributed by atoms with Gasteiger partial charge in [-0.1, -0.05) is 41.0 Å². The van der Waals surface area contributed by atoms with Crippen LogP contribution < -0.4 is 5.32 Å². The van der Waals surface area contributed by atoms with E-state index in [0.29, 0.717) is 6.04 Å². The van der Waals surface area contributed by atoms with Crippen LogP contribution in [0.1, 0.15) is 47.5 Å². The van der Waals surface area contributed by atoms with Crippen LogP contribution in [-0.4, -0.2) is 12.6 Å². The Morgan fingerprint density at radius 2 is 1.58 bits per heavy atom. The summed E-state index contributed by atoms with van der Waals surface area (Å²) >= 11 is 0. The van der Waals surface area contributed by atoms with E-state index in [1.807, 2.05) is 0 Å². The molecule has 3 atom stereocenters. The van der Waals surface area contributed by atoms with Gasteiger partial charge in [-0.15, -0.1) is 0 Å². The molecule has 0 spiro atoms. The van der Waals surface area contributed by atoms with Gasteiger partial charge in [-0.05, 0) is 24.8 Å². The van der Waals surface area contributed by atoms with Crippen LogP contribution in [-0.2, 0) is 0 Å². The number of nitrogens with one attached hydrogen (secondary N) is 1. The Morgan fingerprint density at radius 3 is 1.92 bits per heavy atom. The molecule has 74 valence electrons. The first-order valence-electron chi connectivity index (χ1n) is 5.40. The smallest absolute Gasteiger partial charge is 0.00924 e. The van der Waals surface area contributed by atoms with Crippen molar-refractivity contribution in [2.45, 2.75) is 53.5 Å². The van der Waals surface area contributed by atoms with E-state index in [2.05, 4.69) is 39.9 Å². The van der Waals surface area contributed by atoms with E-state index in [4.69, 9.17) is 0 Å². The Labute approximate surface area is 77.9 Å². The van der Waals surface area contributed by atoms with E-state index in [1.165, 1.54) is 12.8 Å². The summed E-state index contributed by atoms with van der Waals surface area (Å²) in [6, 6.07) is 0.713. The lowest BCUT2D eigenvalue weighted by Gasteiger charge is -2.28. The summed E-state index contributed by atoms with van der Waals surface area (Å²) in [4.78, 5) is 0. The zero-order valence-electron chi connectivity index (χ0n) is 9.35. The summed E-state index contributed by atoms with van der Waals surface area (Å²) in [5.74, 6) is 1.65. The van der Waals surface area contributed by atoms with Crippen LogP contribution in [0, 0.1) is 11.8 Å². The minimum absolute atomic E-state index is 0.713. The van der Waals surface area contributed by atoms with Gasteiger partial charge >= 0.3 is 0 Å². The van der Waals surface area contributed by atoms with Crippen molar-refractivity contribution in [3.63, 3.8) is 0 Å². The predicted molar refractivity (Wildman–Crippen MR) is 56.4 cm³/mol. The molecule has 0 saturated carbocycles. The van der Waals surface area contributed by atoms with Gasteiger partial charge in [0.2, 0.25) is 0 Å². The zero-order chi connectivity index (χ0) is 9.56. The summed E-state index contributed by atoms with van der Waals surface area (Å²) < 4.78 is 0. The molecular weight excluding hydrogens is 146 g/mol. The zero-order valence-corrected chi connectivity index (χ0v) is 9.35. The molecule has 3 unspecified atom stereocenters. The van der Waals surface area contributed by atoms with Gasteiger partial charge in [0, 0.05) is 6.04 Å². The van der Waals surface area contributed by atoms with E-state index in [-0.39, 0.29) is 0 Å². The van der Waals surface area contributed by atoms with Crippen molar-refractivity contribution in [3.05, 3.63) is 0 Å². The maximum Gasteiger partial charge on any atom is 0.00924 e. The van der Waals surface area contributed by atoms with Crippen LogP contribution in [0.25, 0.3) is 0 Å². The number of rotatable bonds is 6. The second-order valence-corrected chi connectivity index (χ2v) is 3.82. The molecule has 1 N–H and O–H groups in total. The molecule has 0 bridgehead atoms. The Kier molecular flexibility index (Phi) is 6.45. The molecule has 0 saturated heterocycles. The molecular formula is C11H25N. The highest BCUT2D eigenvalue weighted by Crippen LogP contribution is 2.19. The van der Waals surface area contributed by atoms with E-state index < -0.39 is 0 Å². The summed E-state index contributed by atoms with van der Waals surface area (Å²) in [6.45, 7) is 12.5. The summed E-state index contributed by atoms with van der Waals surface area (Å²) in [7, 11) is 0. The van der Waals surface area contributed by atoms with E-state index >= 15 is 0 Å². The lowest BCUT2D eigenvalue weighted by atomic mass is 9.86. The standard InChI is InChI=1S/C11H25N/c1-6-9(4)10(5)11(7-2)12-8-3/h9-12H,6-8H2,1-5H3. The molecule has 0 radical (unpaired) electrons. The van der Waals surface area contributed by atoms with Crippen LogP contribution in [0.2, 0.25) is 0 Å². The Morgan fingerprint density at radius 1 is 1.00 bits per heavy atom. The van der Waals surface area contributed by atoms with Crippen molar-refractivity contribution in [2.24, 2.45) is 11.8 Å². The monoisotopic (exact) mass is 171 g/mol. The highest BCUT2D eigenvalue weighted by atomic mass is 14.9. The molecule has 12 heavy (non-hydrogen) atoms. The Hall–Kier alpha value is -0.0400. The average molecular weight is 171 g/mol. The van der Waals surface area contributed by atoms with Crippen LogP contribution in [0.15, 0.2) is 0 Å². The Balaban J connectivity index is 3.91. The highest BCUT2D eigenvalue weighted by molar-refractivity contribution is 4.74. The fourth-order valence-electron chi connectivity index (χ4n) is 1.73. The largest absolute Gasteiger partial charge is 0.314 e. The van der Waals surface area contributed by atoms with Crippen molar-refractivity contribution in [1.82, 2.24) is 5.32 Å². The molecule has 0 fully saturated rings. The van der Waals surface area contributed by atoms with Crippen LogP contribution in [0.3, 0.4) is 0 Å². The van der Waals surface area contributed by atoms with E-state index in [9.17, 15) is 0 Å². The first-order valence-corrected chi connectivity index (χ1v) is 5.40. The van der Waals surface area contributed by atoms with Crippen molar-refractivity contribution >= 4 is 0 Å². The van der Waals surface area contributed by atoms with Gasteiger partial charge in [0.15, 0.2) is 0 Å². The van der Waals surface area contributed by atoms with Crippen molar-refractivity contribution in [1.29, 1.82) is 0 Å². The first-order chi connectivity index (χ1) is 5.67. The SMILES string of the molecule is CCNC(CC)C(C)C(C)CC. The fourth-order valence-corrected chi connectivity index (χ4v) is 1.73. The van der Waals surface area contributed by atoms with Gasteiger partial charge in [0.05, 0.1) is 0 Å². The van der Waals surface area contributed by atoms with Crippen molar-refractivity contribution < 1.29 is 0 Å². The highest BCUT2D eigenvalue weighted by Gasteiger charge is 2.18. The molecule has 0 heterocycles. The molecule has 1 heteroatoms. The van der Waals surface area contributed by atoms with Crippen LogP contribution in [0.4, 0.5) is 0 Å². The number of hydrogen-bond acceptors (Lipinski definition) is 1. The summed E-state index contributed by atoms with van der Waals surface area (Å²) in [5, 5.41) is 3.55. The molecule has 0 aliphatic rings. The summed E-state index contributed by atoms with van der Waals surface area (Å²) in [6.07, 6.45) is 2.54. The van der Waals surface area contributed by atoms with Gasteiger partial charge < -0.3 is 5.32 Å². The first kappa shape index (κ1) is 12.0. The number of hydrogen-bond donors (Lipinski definition) is 1. The van der Waals surface area contributed by atoms with Gasteiger partial charge in [0.25, 0.3) is 0 Å². The molecule has 0 rings (SSSR count).